The van der Waals surface area contributed by atoms with E-state index in [9.17, 15) is 14.7 Å². The van der Waals surface area contributed by atoms with Crippen LogP contribution in [0.5, 0.6) is 0 Å². The van der Waals surface area contributed by atoms with Crippen molar-refractivity contribution < 1.29 is 9.48 Å². The topological polar surface area (TPSA) is 109 Å². The Labute approximate surface area is 155 Å². The molecule has 0 aliphatic heterocycles. The van der Waals surface area contributed by atoms with Gasteiger partial charge in [0.25, 0.3) is 0 Å². The van der Waals surface area contributed by atoms with Gasteiger partial charge in [-0.15, -0.1) is 4.72 Å². The molecule has 0 radical (unpaired) electrons. The molecule has 2 aromatic rings. The fraction of sp³-hybridized carbons (Fsp3) is 0.412. The summed E-state index contributed by atoms with van der Waals surface area (Å²) in [5.41, 5.74) is 1.48. The summed E-state index contributed by atoms with van der Waals surface area (Å²) in [5, 5.41) is 15.1. The summed E-state index contributed by atoms with van der Waals surface area (Å²) in [4.78, 5) is 15.1. The summed E-state index contributed by atoms with van der Waals surface area (Å²) in [7, 11) is 1.65. The van der Waals surface area contributed by atoms with Gasteiger partial charge < -0.3 is 4.55 Å². The smallest absolute Gasteiger partial charge is 0.316 e. The molecule has 0 aliphatic rings. The zero-order chi connectivity index (χ0) is 19.3. The number of aromatic nitrogens is 3. The molecule has 0 spiro atoms. The average molecular weight is 377 g/mol. The maximum absolute atomic E-state index is 11.9. The second-order valence-corrected chi connectivity index (χ2v) is 8.72. The predicted octanol–water partition coefficient (Wildman–Crippen LogP) is 2.85. The van der Waals surface area contributed by atoms with E-state index in [1.54, 1.807) is 19.2 Å². The van der Waals surface area contributed by atoms with Crippen LogP contribution in [0.3, 0.4) is 0 Å². The third-order valence-corrected chi connectivity index (χ3v) is 5.10. The van der Waals surface area contributed by atoms with E-state index in [-0.39, 0.29) is 10.4 Å². The molecule has 0 fully saturated rings. The van der Waals surface area contributed by atoms with E-state index in [2.05, 4.69) is 14.8 Å². The largest absolute Gasteiger partial charge is 0.598 e. The van der Waals surface area contributed by atoms with Crippen LogP contribution in [0.4, 0.5) is 5.69 Å². The van der Waals surface area contributed by atoms with Crippen molar-refractivity contribution in [3.63, 3.8) is 0 Å². The van der Waals surface area contributed by atoms with Crippen molar-refractivity contribution in [3.05, 3.63) is 46.3 Å². The number of nitro groups is 1. The van der Waals surface area contributed by atoms with Gasteiger partial charge in [-0.2, -0.15) is 5.10 Å². The lowest BCUT2D eigenvalue weighted by molar-refractivity contribution is -0.384. The van der Waals surface area contributed by atoms with Gasteiger partial charge in [0.15, 0.2) is 5.69 Å². The molecular weight excluding hydrogens is 354 g/mol. The number of hydrogen-bond acceptors (Lipinski definition) is 6. The molecule has 0 saturated heterocycles. The van der Waals surface area contributed by atoms with Crippen molar-refractivity contribution in [1.29, 1.82) is 0 Å². The van der Waals surface area contributed by atoms with E-state index in [0.29, 0.717) is 30.0 Å². The summed E-state index contributed by atoms with van der Waals surface area (Å²) in [6.07, 6.45) is 5.68. The zero-order valence-electron chi connectivity index (χ0n) is 15.3. The van der Waals surface area contributed by atoms with Crippen LogP contribution in [0, 0.1) is 10.1 Å². The van der Waals surface area contributed by atoms with Crippen LogP contribution in [0.25, 0.3) is 17.5 Å². The minimum absolute atomic E-state index is 0.0741. The molecule has 1 unspecified atom stereocenters. The first kappa shape index (κ1) is 20.1. The van der Waals surface area contributed by atoms with Crippen LogP contribution in [0.2, 0.25) is 0 Å². The summed E-state index contributed by atoms with van der Waals surface area (Å²) in [5.74, 6) is 0. The molecule has 1 N–H and O–H groups in total. The van der Waals surface area contributed by atoms with Crippen LogP contribution in [-0.2, 0) is 18.4 Å². The van der Waals surface area contributed by atoms with Crippen molar-refractivity contribution >= 4 is 23.1 Å². The fourth-order valence-corrected chi connectivity index (χ4v) is 2.92. The minimum Gasteiger partial charge on any atom is -0.598 e. The summed E-state index contributed by atoms with van der Waals surface area (Å²) < 4.78 is 16.0. The molecule has 8 nitrogen and oxygen atoms in total. The minimum atomic E-state index is -1.09. The molecule has 0 aliphatic carbocycles. The van der Waals surface area contributed by atoms with Gasteiger partial charge >= 0.3 is 5.69 Å². The van der Waals surface area contributed by atoms with Gasteiger partial charge in [-0.25, -0.2) is 4.98 Å². The van der Waals surface area contributed by atoms with Gasteiger partial charge in [-0.3, -0.25) is 14.8 Å². The average Bonchev–Trinajstić information content (AvgIpc) is 2.95. The SMILES string of the molecule is Cn1ncc([N+](=O)[O-])c1-c1cccc(C=CCCN[S+]([O-])C(C)(C)C)n1. The van der Waals surface area contributed by atoms with Crippen molar-refractivity contribution in [2.75, 3.05) is 6.54 Å². The van der Waals surface area contributed by atoms with Gasteiger partial charge in [-0.1, -0.05) is 12.1 Å². The van der Waals surface area contributed by atoms with Gasteiger partial charge in [0.2, 0.25) is 0 Å². The first-order valence-electron chi connectivity index (χ1n) is 8.16. The Balaban J connectivity index is 2.04. The van der Waals surface area contributed by atoms with E-state index in [1.807, 2.05) is 39.0 Å². The summed E-state index contributed by atoms with van der Waals surface area (Å²) >= 11 is -1.09. The molecule has 26 heavy (non-hydrogen) atoms. The second kappa shape index (κ2) is 8.43. The Kier molecular flexibility index (Phi) is 6.52. The van der Waals surface area contributed by atoms with Gasteiger partial charge in [0, 0.05) is 25.0 Å². The molecule has 0 bridgehead atoms. The Morgan fingerprint density at radius 1 is 1.38 bits per heavy atom. The number of nitrogens with zero attached hydrogens (tertiary/aromatic N) is 4. The van der Waals surface area contributed by atoms with Crippen molar-refractivity contribution in [2.45, 2.75) is 31.9 Å². The van der Waals surface area contributed by atoms with Crippen molar-refractivity contribution in [1.82, 2.24) is 19.5 Å². The predicted molar refractivity (Wildman–Crippen MR) is 103 cm³/mol. The molecule has 0 saturated carbocycles. The Morgan fingerprint density at radius 3 is 2.77 bits per heavy atom. The van der Waals surface area contributed by atoms with Crippen LogP contribution in [0.1, 0.15) is 32.9 Å². The molecular formula is C17H23N5O3S. The van der Waals surface area contributed by atoms with Crippen molar-refractivity contribution in [2.24, 2.45) is 7.05 Å². The number of nitrogens with one attached hydrogen (secondary N) is 1. The summed E-state index contributed by atoms with van der Waals surface area (Å²) in [6.45, 7) is 6.34. The second-order valence-electron chi connectivity index (χ2n) is 6.67. The van der Waals surface area contributed by atoms with E-state index in [0.717, 1.165) is 0 Å². The number of rotatable bonds is 7. The quantitative estimate of drug-likeness (QED) is 0.344. The van der Waals surface area contributed by atoms with Crippen LogP contribution in [0.15, 0.2) is 30.5 Å². The van der Waals surface area contributed by atoms with E-state index < -0.39 is 16.3 Å². The highest BCUT2D eigenvalue weighted by Crippen LogP contribution is 2.27. The van der Waals surface area contributed by atoms with Crippen LogP contribution < -0.4 is 4.72 Å². The van der Waals surface area contributed by atoms with E-state index >= 15 is 0 Å². The van der Waals surface area contributed by atoms with Gasteiger partial charge in [0.1, 0.15) is 10.9 Å². The standard InChI is InChI=1S/C17H23N5O3S/c1-17(2,3)26(25)19-11-6-5-8-13-9-7-10-14(20-13)16-15(22(23)24)12-18-21(16)4/h5,7-10,12,19H,6,11H2,1-4H3. The molecule has 9 heteroatoms. The van der Waals surface area contributed by atoms with E-state index in [4.69, 9.17) is 0 Å². The van der Waals surface area contributed by atoms with Crippen LogP contribution >= 0.6 is 0 Å². The van der Waals surface area contributed by atoms with E-state index in [1.165, 1.54) is 10.9 Å². The third-order valence-electron chi connectivity index (χ3n) is 3.52. The lowest BCUT2D eigenvalue weighted by Crippen LogP contribution is -2.39. The van der Waals surface area contributed by atoms with Gasteiger partial charge in [-0.05, 0) is 45.4 Å². The first-order valence-corrected chi connectivity index (χ1v) is 9.31. The maximum Gasteiger partial charge on any atom is 0.316 e. The lowest BCUT2D eigenvalue weighted by Gasteiger charge is -2.23. The zero-order valence-corrected chi connectivity index (χ0v) is 16.1. The summed E-state index contributed by atoms with van der Waals surface area (Å²) in [6, 6.07) is 5.34. The fourth-order valence-electron chi connectivity index (χ4n) is 2.19. The lowest BCUT2D eigenvalue weighted by atomic mass is 10.2. The maximum atomic E-state index is 11.9. The highest BCUT2D eigenvalue weighted by atomic mass is 32.2. The number of pyridine rings is 1. The van der Waals surface area contributed by atoms with Crippen LogP contribution in [-0.4, -0.2) is 35.5 Å². The molecule has 0 aromatic carbocycles. The molecule has 140 valence electrons. The highest BCUT2D eigenvalue weighted by molar-refractivity contribution is 7.90. The Hall–Kier alpha value is -2.23. The molecule has 2 heterocycles. The Morgan fingerprint density at radius 2 is 2.12 bits per heavy atom. The number of hydrogen-bond donors (Lipinski definition) is 1. The molecule has 2 aromatic heterocycles. The highest BCUT2D eigenvalue weighted by Gasteiger charge is 2.25. The Bertz CT molecular complexity index is 798. The molecule has 0 amide bonds. The first-order chi connectivity index (χ1) is 12.2. The van der Waals surface area contributed by atoms with Crippen molar-refractivity contribution in [3.8, 4) is 11.4 Å². The monoisotopic (exact) mass is 377 g/mol. The van der Waals surface area contributed by atoms with Gasteiger partial charge in [0.05, 0.1) is 16.3 Å². The molecule has 2 rings (SSSR count). The third kappa shape index (κ3) is 5.13. The normalized spacial score (nSPS) is 13.3. The molecule has 1 atom stereocenters. The number of aryl methyl sites for hydroxylation is 1.